The van der Waals surface area contributed by atoms with Crippen molar-refractivity contribution in [3.05, 3.63) is 70.5 Å². The lowest BCUT2D eigenvalue weighted by Gasteiger charge is -2.34. The molecule has 27 heavy (non-hydrogen) atoms. The van der Waals surface area contributed by atoms with E-state index in [4.69, 9.17) is 11.6 Å². The van der Waals surface area contributed by atoms with Crippen LogP contribution in [0.15, 0.2) is 48.5 Å². The minimum absolute atomic E-state index is 0.0777. The summed E-state index contributed by atoms with van der Waals surface area (Å²) in [5.41, 5.74) is 1.24. The van der Waals surface area contributed by atoms with Gasteiger partial charge in [-0.3, -0.25) is 4.79 Å². The van der Waals surface area contributed by atoms with Crippen LogP contribution in [0.4, 0.5) is 9.18 Å². The summed E-state index contributed by atoms with van der Waals surface area (Å²) in [6, 6.07) is 13.9. The summed E-state index contributed by atoms with van der Waals surface area (Å²) in [5, 5.41) is 3.14. The molecule has 2 aromatic rings. The Balaban J connectivity index is 1.48. The third kappa shape index (κ3) is 4.98. The van der Waals surface area contributed by atoms with Gasteiger partial charge in [-0.25, -0.2) is 9.18 Å². The summed E-state index contributed by atoms with van der Waals surface area (Å²) in [4.78, 5) is 28.0. The fourth-order valence-electron chi connectivity index (χ4n) is 3.01. The lowest BCUT2D eigenvalue weighted by Crippen LogP contribution is -2.53. The van der Waals surface area contributed by atoms with Crippen LogP contribution in [0, 0.1) is 5.82 Å². The first kappa shape index (κ1) is 19.2. The van der Waals surface area contributed by atoms with E-state index in [9.17, 15) is 14.0 Å². The number of halogens is 2. The van der Waals surface area contributed by atoms with Crippen molar-refractivity contribution in [1.29, 1.82) is 0 Å². The fraction of sp³-hybridized carbons (Fsp3) is 0.300. The first-order valence-electron chi connectivity index (χ1n) is 8.82. The van der Waals surface area contributed by atoms with Gasteiger partial charge in [-0.2, -0.15) is 0 Å². The maximum absolute atomic E-state index is 13.9. The highest BCUT2D eigenvalue weighted by Crippen LogP contribution is 2.20. The molecule has 3 rings (SSSR count). The fourth-order valence-corrected chi connectivity index (χ4v) is 3.24. The average Bonchev–Trinajstić information content (AvgIpc) is 2.70. The Hall–Kier alpha value is -2.60. The molecule has 0 saturated carbocycles. The minimum atomic E-state index is -0.477. The molecule has 1 aliphatic heterocycles. The highest BCUT2D eigenvalue weighted by Gasteiger charge is 2.25. The zero-order valence-corrected chi connectivity index (χ0v) is 15.6. The van der Waals surface area contributed by atoms with Crippen LogP contribution in [0.3, 0.4) is 0 Å². The molecule has 0 spiro atoms. The van der Waals surface area contributed by atoms with Gasteiger partial charge < -0.3 is 15.1 Å². The average molecular weight is 390 g/mol. The van der Waals surface area contributed by atoms with Crippen molar-refractivity contribution in [2.24, 2.45) is 0 Å². The van der Waals surface area contributed by atoms with E-state index < -0.39 is 5.82 Å². The van der Waals surface area contributed by atoms with Gasteiger partial charge in [-0.15, -0.1) is 0 Å². The third-order valence-electron chi connectivity index (χ3n) is 4.60. The Morgan fingerprint density at radius 1 is 0.963 bits per heavy atom. The Labute approximate surface area is 162 Å². The van der Waals surface area contributed by atoms with E-state index in [-0.39, 0.29) is 28.9 Å². The van der Waals surface area contributed by atoms with Gasteiger partial charge in [-0.05, 0) is 17.7 Å². The standard InChI is InChI=1S/C20H21ClFN3O2/c21-17-7-4-8-18(22)16(17)13-19(26)24-9-11-25(12-10-24)20(27)23-14-15-5-2-1-3-6-15/h1-8H,9-14H2,(H,23,27). The summed E-state index contributed by atoms with van der Waals surface area (Å²) in [6.45, 7) is 2.19. The van der Waals surface area contributed by atoms with Crippen LogP contribution in [0.25, 0.3) is 0 Å². The number of nitrogens with zero attached hydrogens (tertiary/aromatic N) is 2. The number of piperazine rings is 1. The van der Waals surface area contributed by atoms with Crippen LogP contribution >= 0.6 is 11.6 Å². The van der Waals surface area contributed by atoms with E-state index in [1.54, 1.807) is 15.9 Å². The molecule has 0 bridgehead atoms. The van der Waals surface area contributed by atoms with E-state index in [0.717, 1.165) is 5.56 Å². The van der Waals surface area contributed by atoms with E-state index in [1.165, 1.54) is 12.1 Å². The zero-order valence-electron chi connectivity index (χ0n) is 14.8. The lowest BCUT2D eigenvalue weighted by atomic mass is 10.1. The quantitative estimate of drug-likeness (QED) is 0.873. The molecule has 7 heteroatoms. The number of rotatable bonds is 4. The van der Waals surface area contributed by atoms with Gasteiger partial charge in [0.15, 0.2) is 0 Å². The Morgan fingerprint density at radius 3 is 2.30 bits per heavy atom. The van der Waals surface area contributed by atoms with Crippen molar-refractivity contribution >= 4 is 23.5 Å². The van der Waals surface area contributed by atoms with Gasteiger partial charge in [0.1, 0.15) is 5.82 Å². The van der Waals surface area contributed by atoms with Crippen molar-refractivity contribution in [3.63, 3.8) is 0 Å². The molecule has 0 aromatic heterocycles. The molecule has 3 amide bonds. The molecule has 2 aromatic carbocycles. The van der Waals surface area contributed by atoms with E-state index in [0.29, 0.717) is 32.7 Å². The van der Waals surface area contributed by atoms with Gasteiger partial charge in [0, 0.05) is 43.3 Å². The number of amides is 3. The number of urea groups is 1. The zero-order chi connectivity index (χ0) is 19.2. The molecule has 0 atom stereocenters. The van der Waals surface area contributed by atoms with Crippen LogP contribution in [0.1, 0.15) is 11.1 Å². The summed E-state index contributed by atoms with van der Waals surface area (Å²) in [7, 11) is 0. The van der Waals surface area contributed by atoms with E-state index in [1.807, 2.05) is 30.3 Å². The molecule has 1 N–H and O–H groups in total. The molecular formula is C20H21ClFN3O2. The molecular weight excluding hydrogens is 369 g/mol. The number of carbonyl (C=O) groups excluding carboxylic acids is 2. The number of hydrogen-bond acceptors (Lipinski definition) is 2. The molecule has 0 radical (unpaired) electrons. The predicted molar refractivity (Wildman–Crippen MR) is 102 cm³/mol. The maximum atomic E-state index is 13.9. The summed E-state index contributed by atoms with van der Waals surface area (Å²) >= 11 is 5.99. The van der Waals surface area contributed by atoms with Gasteiger partial charge in [0.25, 0.3) is 0 Å². The summed E-state index contributed by atoms with van der Waals surface area (Å²) in [6.07, 6.45) is -0.0777. The normalized spacial score (nSPS) is 14.1. The molecule has 1 aliphatic rings. The second-order valence-electron chi connectivity index (χ2n) is 6.39. The van der Waals surface area contributed by atoms with Crippen LogP contribution in [-0.4, -0.2) is 47.9 Å². The van der Waals surface area contributed by atoms with Crippen molar-refractivity contribution in [3.8, 4) is 0 Å². The second kappa shape index (κ2) is 8.86. The highest BCUT2D eigenvalue weighted by atomic mass is 35.5. The predicted octanol–water partition coefficient (Wildman–Crippen LogP) is 3.08. The van der Waals surface area contributed by atoms with Crippen LogP contribution in [0.2, 0.25) is 5.02 Å². The second-order valence-corrected chi connectivity index (χ2v) is 6.80. The van der Waals surface area contributed by atoms with E-state index in [2.05, 4.69) is 5.32 Å². The van der Waals surface area contributed by atoms with Gasteiger partial charge in [-0.1, -0.05) is 48.0 Å². The number of carbonyl (C=O) groups is 2. The monoisotopic (exact) mass is 389 g/mol. The maximum Gasteiger partial charge on any atom is 0.317 e. The number of hydrogen-bond donors (Lipinski definition) is 1. The number of nitrogens with one attached hydrogen (secondary N) is 1. The highest BCUT2D eigenvalue weighted by molar-refractivity contribution is 6.31. The third-order valence-corrected chi connectivity index (χ3v) is 4.95. The van der Waals surface area contributed by atoms with Gasteiger partial charge in [0.2, 0.25) is 5.91 Å². The molecule has 1 heterocycles. The van der Waals surface area contributed by atoms with Crippen molar-refractivity contribution in [2.45, 2.75) is 13.0 Å². The Morgan fingerprint density at radius 2 is 1.63 bits per heavy atom. The summed E-state index contributed by atoms with van der Waals surface area (Å²) < 4.78 is 13.9. The smallest absolute Gasteiger partial charge is 0.317 e. The van der Waals surface area contributed by atoms with Crippen LogP contribution < -0.4 is 5.32 Å². The largest absolute Gasteiger partial charge is 0.339 e. The molecule has 1 saturated heterocycles. The van der Waals surface area contributed by atoms with E-state index >= 15 is 0 Å². The van der Waals surface area contributed by atoms with Crippen molar-refractivity contribution < 1.29 is 14.0 Å². The van der Waals surface area contributed by atoms with Gasteiger partial charge in [0.05, 0.1) is 6.42 Å². The molecule has 0 unspecified atom stereocenters. The first-order chi connectivity index (χ1) is 13.0. The number of benzene rings is 2. The van der Waals surface area contributed by atoms with Gasteiger partial charge >= 0.3 is 6.03 Å². The molecule has 1 fully saturated rings. The SMILES string of the molecule is O=C(Cc1c(F)cccc1Cl)N1CCN(C(=O)NCc2ccccc2)CC1. The molecule has 142 valence electrons. The summed E-state index contributed by atoms with van der Waals surface area (Å²) in [5.74, 6) is -0.666. The lowest BCUT2D eigenvalue weighted by molar-refractivity contribution is -0.131. The molecule has 5 nitrogen and oxygen atoms in total. The van der Waals surface area contributed by atoms with Crippen molar-refractivity contribution in [2.75, 3.05) is 26.2 Å². The van der Waals surface area contributed by atoms with Crippen LogP contribution in [-0.2, 0) is 17.8 Å². The van der Waals surface area contributed by atoms with Crippen molar-refractivity contribution in [1.82, 2.24) is 15.1 Å². The topological polar surface area (TPSA) is 52.7 Å². The first-order valence-corrected chi connectivity index (χ1v) is 9.20. The van der Waals surface area contributed by atoms with Crippen LogP contribution in [0.5, 0.6) is 0 Å². The Bertz CT molecular complexity index is 788. The Kier molecular flexibility index (Phi) is 6.29. The molecule has 0 aliphatic carbocycles. The minimum Gasteiger partial charge on any atom is -0.339 e.